The topological polar surface area (TPSA) is 240 Å². The zero-order chi connectivity index (χ0) is 46.0. The molecule has 3 unspecified atom stereocenters. The lowest BCUT2D eigenvalue weighted by atomic mass is 9.44. The molecule has 0 radical (unpaired) electrons. The lowest BCUT2D eigenvalue weighted by Gasteiger charge is -2.67. The van der Waals surface area contributed by atoms with Crippen LogP contribution in [0.1, 0.15) is 76.3 Å². The first-order valence-electron chi connectivity index (χ1n) is 21.1. The highest BCUT2D eigenvalue weighted by Crippen LogP contribution is 2.64. The second kappa shape index (κ2) is 17.1. The molecule has 16 nitrogen and oxygen atoms in total. The van der Waals surface area contributed by atoms with Crippen molar-refractivity contribution in [1.29, 1.82) is 0 Å². The lowest BCUT2D eigenvalue weighted by Crippen LogP contribution is -2.82. The minimum atomic E-state index is -2.24. The molecule has 7 N–H and O–H groups in total. The van der Waals surface area contributed by atoms with Gasteiger partial charge in [-0.15, -0.1) is 0 Å². The number of esters is 1. The standard InChI is InChI=1S/C47H59NO15/c1-23(2)60-38-33-24(3)30(61-25(4)35(51)34(27-15-11-9-12-16-27)48-42(56)28-17-13-10-14-18-28)20-47(57,44(33,6)7)41(55)39-45(8,40(38)54)31(19-32-46(39,22-59-32)63-26(5)49)62-43-37(53)36(52)29(50)21-58-43/h9-18,29-32,34-39,41,43,50-53,55,57H,1,4,19-22H2,2-3,5-8H3,(H,48,56)/t29?,30-,31-,32?,34-,35-,36-,37+,38+,39?,41-,43-,45+,46-,47+/m0/s1. The summed E-state index contributed by atoms with van der Waals surface area (Å²) >= 11 is 0. The number of nitrogens with one attached hydrogen (secondary N) is 1. The maximum absolute atomic E-state index is 15.8. The molecule has 2 heterocycles. The summed E-state index contributed by atoms with van der Waals surface area (Å²) in [5.74, 6) is -3.44. The van der Waals surface area contributed by atoms with Gasteiger partial charge in [0.15, 0.2) is 23.8 Å². The highest BCUT2D eigenvalue weighted by atomic mass is 16.7. The Kier molecular flexibility index (Phi) is 12.7. The summed E-state index contributed by atoms with van der Waals surface area (Å²) in [6.45, 7) is 16.6. The summed E-state index contributed by atoms with van der Waals surface area (Å²) in [4.78, 5) is 42.3. The summed E-state index contributed by atoms with van der Waals surface area (Å²) in [6, 6.07) is 16.1. The van der Waals surface area contributed by atoms with Crippen molar-refractivity contribution in [2.45, 2.75) is 133 Å². The molecule has 3 aliphatic carbocycles. The molecule has 2 aromatic rings. The highest BCUT2D eigenvalue weighted by Gasteiger charge is 2.77. The van der Waals surface area contributed by atoms with Crippen LogP contribution < -0.4 is 5.32 Å². The summed E-state index contributed by atoms with van der Waals surface area (Å²) in [5.41, 5.74) is -5.82. The van der Waals surface area contributed by atoms with Gasteiger partial charge in [-0.3, -0.25) is 14.4 Å². The summed E-state index contributed by atoms with van der Waals surface area (Å²) in [7, 11) is 0. The number of aliphatic hydroxyl groups is 6. The zero-order valence-electron chi connectivity index (χ0n) is 36.3. The fourth-order valence-electron chi connectivity index (χ4n) is 10.7. The van der Waals surface area contributed by atoms with E-state index in [-0.39, 0.29) is 36.5 Å². The predicted octanol–water partition coefficient (Wildman–Crippen LogP) is 2.31. The van der Waals surface area contributed by atoms with E-state index in [0.29, 0.717) is 16.7 Å². The van der Waals surface area contributed by atoms with E-state index in [1.807, 2.05) is 0 Å². The molecule has 15 atom stereocenters. The Morgan fingerprint density at radius 2 is 1.56 bits per heavy atom. The summed E-state index contributed by atoms with van der Waals surface area (Å²) < 4.78 is 37.0. The van der Waals surface area contributed by atoms with Crippen LogP contribution in [0.4, 0.5) is 0 Å². The van der Waals surface area contributed by atoms with Crippen LogP contribution in [-0.4, -0.2) is 134 Å². The molecule has 1 amide bonds. The van der Waals surface area contributed by atoms with Gasteiger partial charge in [0.1, 0.15) is 48.0 Å². The van der Waals surface area contributed by atoms with E-state index in [4.69, 9.17) is 28.4 Å². The van der Waals surface area contributed by atoms with Crippen molar-refractivity contribution in [2.75, 3.05) is 13.2 Å². The van der Waals surface area contributed by atoms with Gasteiger partial charge in [0.25, 0.3) is 5.91 Å². The van der Waals surface area contributed by atoms with E-state index in [9.17, 15) is 40.2 Å². The van der Waals surface area contributed by atoms with Crippen LogP contribution in [0.2, 0.25) is 0 Å². The third kappa shape index (κ3) is 7.72. The number of benzene rings is 2. The molecule has 2 aliphatic heterocycles. The van der Waals surface area contributed by atoms with Gasteiger partial charge >= 0.3 is 5.97 Å². The Morgan fingerprint density at radius 1 is 0.921 bits per heavy atom. The van der Waals surface area contributed by atoms with Gasteiger partial charge in [0.2, 0.25) is 0 Å². The maximum atomic E-state index is 15.8. The van der Waals surface area contributed by atoms with Crippen molar-refractivity contribution in [2.24, 2.45) is 16.7 Å². The third-order valence-electron chi connectivity index (χ3n) is 14.1. The molecule has 63 heavy (non-hydrogen) atoms. The normalized spacial score (nSPS) is 37.9. The average Bonchev–Trinajstić information content (AvgIpc) is 3.23. The number of aliphatic hydroxyl groups excluding tert-OH is 5. The molecule has 2 saturated carbocycles. The monoisotopic (exact) mass is 877 g/mol. The van der Waals surface area contributed by atoms with Crippen molar-refractivity contribution in [1.82, 2.24) is 5.32 Å². The van der Waals surface area contributed by atoms with E-state index in [2.05, 4.69) is 18.5 Å². The van der Waals surface area contributed by atoms with Crippen LogP contribution >= 0.6 is 0 Å². The quantitative estimate of drug-likeness (QED) is 0.0920. The van der Waals surface area contributed by atoms with E-state index >= 15 is 4.79 Å². The fourth-order valence-corrected chi connectivity index (χ4v) is 10.7. The van der Waals surface area contributed by atoms with Crippen LogP contribution in [0.25, 0.3) is 0 Å². The number of hydrogen-bond acceptors (Lipinski definition) is 15. The largest absolute Gasteiger partial charge is 0.488 e. The van der Waals surface area contributed by atoms with E-state index in [0.717, 1.165) is 0 Å². The fraction of sp³-hybridized carbons (Fsp3) is 0.553. The molecule has 7 rings (SSSR count). The second-order valence-electron chi connectivity index (χ2n) is 18.3. The SMILES string of the molecule is C=C(C)O[C@H]1C(=O)[C@@]2(C)C([C@H](O)[C@]3(O)C[C@H](OC(=C)[C@H](O)[C@@H](NC(=O)c4ccccc4)c4ccccc4)C(C)=C1C3(C)C)[C@]1(OC(C)=O)COC1C[C@@H]2O[C@@H]1OCC(O)[C@H](O)[C@H]1O. The molecular weight excluding hydrogens is 819 g/mol. The highest BCUT2D eigenvalue weighted by molar-refractivity contribution is 5.95. The minimum absolute atomic E-state index is 0.118. The first-order valence-corrected chi connectivity index (χ1v) is 21.1. The molecule has 2 saturated heterocycles. The summed E-state index contributed by atoms with van der Waals surface area (Å²) in [5, 5.41) is 73.1. The number of carbonyl (C=O) groups is 3. The van der Waals surface area contributed by atoms with Crippen molar-refractivity contribution in [3.05, 3.63) is 108 Å². The Hall–Kier alpha value is -4.49. The Labute approximate surface area is 366 Å². The van der Waals surface area contributed by atoms with Crippen LogP contribution in [0.3, 0.4) is 0 Å². The first-order chi connectivity index (χ1) is 29.6. The first kappa shape index (κ1) is 46.5. The average molecular weight is 878 g/mol. The molecule has 0 spiro atoms. The van der Waals surface area contributed by atoms with Crippen molar-refractivity contribution in [3.8, 4) is 0 Å². The number of rotatable bonds is 12. The van der Waals surface area contributed by atoms with Crippen molar-refractivity contribution < 1.29 is 73.4 Å². The number of ether oxygens (including phenoxy) is 6. The van der Waals surface area contributed by atoms with E-state index in [1.165, 1.54) is 13.8 Å². The van der Waals surface area contributed by atoms with Crippen LogP contribution in [0.15, 0.2) is 96.5 Å². The Bertz CT molecular complexity index is 2130. The van der Waals surface area contributed by atoms with Gasteiger partial charge in [-0.2, -0.15) is 0 Å². The predicted molar refractivity (Wildman–Crippen MR) is 223 cm³/mol. The number of hydrogen-bond donors (Lipinski definition) is 7. The van der Waals surface area contributed by atoms with E-state index < -0.39 is 119 Å². The zero-order valence-corrected chi connectivity index (χ0v) is 36.3. The van der Waals surface area contributed by atoms with Crippen molar-refractivity contribution >= 4 is 17.7 Å². The molecule has 342 valence electrons. The maximum Gasteiger partial charge on any atom is 0.303 e. The molecule has 2 bridgehead atoms. The van der Waals surface area contributed by atoms with Crippen LogP contribution in [-0.2, 0) is 38.0 Å². The Morgan fingerprint density at radius 3 is 2.14 bits per heavy atom. The van der Waals surface area contributed by atoms with Gasteiger partial charge in [0.05, 0.1) is 42.6 Å². The van der Waals surface area contributed by atoms with Gasteiger partial charge in [0, 0.05) is 36.7 Å². The summed E-state index contributed by atoms with van der Waals surface area (Å²) in [6.07, 6.45) is -15.3. The molecule has 0 aromatic heterocycles. The van der Waals surface area contributed by atoms with Crippen molar-refractivity contribution in [3.63, 3.8) is 0 Å². The molecular formula is C47H59NO15. The number of fused-ring (bicyclic) bond motifs is 5. The van der Waals surface area contributed by atoms with Gasteiger partial charge < -0.3 is 64.4 Å². The molecule has 2 aromatic carbocycles. The van der Waals surface area contributed by atoms with E-state index in [1.54, 1.807) is 88.4 Å². The number of Topliss-reactive ketones (excluding diaryl/α,β-unsaturated/α-hetero) is 1. The lowest BCUT2D eigenvalue weighted by molar-refractivity contribution is -0.366. The second-order valence-corrected chi connectivity index (χ2v) is 18.3. The van der Waals surface area contributed by atoms with Gasteiger partial charge in [-0.1, -0.05) is 75.5 Å². The smallest absolute Gasteiger partial charge is 0.303 e. The number of carbonyl (C=O) groups excluding carboxylic acids is 3. The third-order valence-corrected chi connectivity index (χ3v) is 14.1. The van der Waals surface area contributed by atoms with Crippen LogP contribution in [0.5, 0.6) is 0 Å². The number of allylic oxidation sites excluding steroid dienone is 1. The number of ketones is 1. The molecule has 4 fully saturated rings. The van der Waals surface area contributed by atoms with Crippen LogP contribution in [0, 0.1) is 16.7 Å². The minimum Gasteiger partial charge on any atom is -0.488 e. The molecule has 5 aliphatic rings. The van der Waals surface area contributed by atoms with Gasteiger partial charge in [-0.05, 0) is 49.6 Å². The Balaban J connectivity index is 1.33. The number of amides is 1. The molecule has 16 heteroatoms. The van der Waals surface area contributed by atoms with Gasteiger partial charge in [-0.25, -0.2) is 0 Å².